The first-order valence-electron chi connectivity index (χ1n) is 11.0. The van der Waals surface area contributed by atoms with Crippen LogP contribution in [0.3, 0.4) is 0 Å². The van der Waals surface area contributed by atoms with Crippen LogP contribution in [0.2, 0.25) is 0 Å². The lowest BCUT2D eigenvalue weighted by atomic mass is 10.0. The fourth-order valence-electron chi connectivity index (χ4n) is 3.36. The average molecular weight is 484 g/mol. The van der Waals surface area contributed by atoms with Gasteiger partial charge in [0.15, 0.2) is 0 Å². The van der Waals surface area contributed by atoms with Crippen molar-refractivity contribution in [1.82, 2.24) is 0 Å². The molecule has 0 unspecified atom stereocenters. The number of carbonyl (C=O) groups excluding carboxylic acids is 2. The van der Waals surface area contributed by atoms with E-state index >= 15 is 0 Å². The Hall–Kier alpha value is -3.52. The van der Waals surface area contributed by atoms with E-state index in [0.29, 0.717) is 39.8 Å². The third-order valence-corrected chi connectivity index (χ3v) is 5.90. The van der Waals surface area contributed by atoms with E-state index in [1.165, 1.54) is 11.3 Å². The van der Waals surface area contributed by atoms with Crippen molar-refractivity contribution in [2.75, 3.05) is 32.8 Å². The molecule has 3 aromatic rings. The molecule has 2 aromatic carbocycles. The van der Waals surface area contributed by atoms with E-state index in [2.05, 4.69) is 5.32 Å². The second-order valence-electron chi connectivity index (χ2n) is 7.35. The molecule has 0 radical (unpaired) electrons. The van der Waals surface area contributed by atoms with E-state index in [4.69, 9.17) is 18.9 Å². The molecule has 0 saturated carbocycles. The van der Waals surface area contributed by atoms with Crippen LogP contribution in [-0.4, -0.2) is 39.3 Å². The molecule has 0 aliphatic heterocycles. The van der Waals surface area contributed by atoms with Crippen LogP contribution in [0, 0.1) is 0 Å². The highest BCUT2D eigenvalue weighted by atomic mass is 32.1. The first-order valence-corrected chi connectivity index (χ1v) is 11.9. The molecular weight excluding hydrogens is 454 g/mol. The van der Waals surface area contributed by atoms with Gasteiger partial charge in [-0.15, -0.1) is 11.3 Å². The van der Waals surface area contributed by atoms with E-state index in [9.17, 15) is 9.59 Å². The van der Waals surface area contributed by atoms with Crippen molar-refractivity contribution in [3.8, 4) is 28.4 Å². The number of thiophene rings is 1. The number of methoxy groups -OCH3 is 2. The first kappa shape index (κ1) is 25.1. The SMILES string of the molecule is CCCOc1ccc(-c2csc(NC(=O)Cc3ccc(OC)cc3OC)c2C(=O)OCC)cc1. The van der Waals surface area contributed by atoms with Gasteiger partial charge in [0, 0.05) is 22.6 Å². The highest BCUT2D eigenvalue weighted by molar-refractivity contribution is 7.15. The molecule has 0 atom stereocenters. The van der Waals surface area contributed by atoms with Gasteiger partial charge in [0.05, 0.1) is 33.9 Å². The third-order valence-electron chi connectivity index (χ3n) is 5.01. The molecule has 34 heavy (non-hydrogen) atoms. The van der Waals surface area contributed by atoms with Crippen LogP contribution in [0.5, 0.6) is 17.2 Å². The zero-order valence-corrected chi connectivity index (χ0v) is 20.6. The standard InChI is InChI=1S/C26H29NO6S/c1-5-13-33-19-10-7-17(8-11-19)21-16-34-25(24(21)26(29)32-6-2)27-23(28)14-18-9-12-20(30-3)15-22(18)31-4/h7-12,15-16H,5-6,13-14H2,1-4H3,(H,27,28). The van der Waals surface area contributed by atoms with Crippen LogP contribution in [0.15, 0.2) is 47.8 Å². The molecule has 0 aliphatic rings. The molecule has 180 valence electrons. The van der Waals surface area contributed by atoms with Crippen LogP contribution in [0.1, 0.15) is 36.2 Å². The Kier molecular flexibility index (Phi) is 8.93. The minimum atomic E-state index is -0.484. The maximum atomic E-state index is 12.9. The van der Waals surface area contributed by atoms with E-state index < -0.39 is 5.97 Å². The summed E-state index contributed by atoms with van der Waals surface area (Å²) in [5, 5.41) is 5.16. The lowest BCUT2D eigenvalue weighted by molar-refractivity contribution is -0.115. The van der Waals surface area contributed by atoms with Gasteiger partial charge < -0.3 is 24.3 Å². The summed E-state index contributed by atoms with van der Waals surface area (Å²) in [6.45, 7) is 4.67. The molecule has 8 heteroatoms. The molecule has 1 N–H and O–H groups in total. The smallest absolute Gasteiger partial charge is 0.341 e. The molecule has 0 aliphatic carbocycles. The van der Waals surface area contributed by atoms with Gasteiger partial charge in [-0.2, -0.15) is 0 Å². The highest BCUT2D eigenvalue weighted by Gasteiger charge is 2.23. The minimum Gasteiger partial charge on any atom is -0.497 e. The number of carbonyl (C=O) groups is 2. The summed E-state index contributed by atoms with van der Waals surface area (Å²) in [5.41, 5.74) is 2.57. The summed E-state index contributed by atoms with van der Waals surface area (Å²) >= 11 is 1.28. The maximum absolute atomic E-state index is 12.9. The van der Waals surface area contributed by atoms with Gasteiger partial charge in [-0.1, -0.05) is 25.1 Å². The Morgan fingerprint density at radius 1 is 0.971 bits per heavy atom. The maximum Gasteiger partial charge on any atom is 0.341 e. The molecule has 1 amide bonds. The molecular formula is C26H29NO6S. The van der Waals surface area contributed by atoms with Crippen LogP contribution in [0.4, 0.5) is 5.00 Å². The van der Waals surface area contributed by atoms with Crippen LogP contribution >= 0.6 is 11.3 Å². The first-order chi connectivity index (χ1) is 16.5. The summed E-state index contributed by atoms with van der Waals surface area (Å²) in [6.07, 6.45) is 0.997. The van der Waals surface area contributed by atoms with Gasteiger partial charge >= 0.3 is 5.97 Å². The molecule has 0 spiro atoms. The molecule has 0 bridgehead atoms. The molecule has 7 nitrogen and oxygen atoms in total. The summed E-state index contributed by atoms with van der Waals surface area (Å²) in [5.74, 6) is 1.20. The second-order valence-corrected chi connectivity index (χ2v) is 8.23. The van der Waals surface area contributed by atoms with Crippen molar-refractivity contribution in [3.05, 3.63) is 59.0 Å². The normalized spacial score (nSPS) is 10.5. The molecule has 0 saturated heterocycles. The molecule has 0 fully saturated rings. The van der Waals surface area contributed by atoms with Crippen LogP contribution in [-0.2, 0) is 16.0 Å². The Balaban J connectivity index is 1.85. The predicted octanol–water partition coefficient (Wildman–Crippen LogP) is 5.58. The van der Waals surface area contributed by atoms with Crippen molar-refractivity contribution in [2.45, 2.75) is 26.7 Å². The lowest BCUT2D eigenvalue weighted by Crippen LogP contribution is -2.17. The quantitative estimate of drug-likeness (QED) is 0.359. The summed E-state index contributed by atoms with van der Waals surface area (Å²) in [6, 6.07) is 12.8. The number of rotatable bonds is 11. The molecule has 3 rings (SSSR count). The van der Waals surface area contributed by atoms with Crippen LogP contribution in [0.25, 0.3) is 11.1 Å². The van der Waals surface area contributed by atoms with Gasteiger partial charge in [0.2, 0.25) is 5.91 Å². The van der Waals surface area contributed by atoms with Crippen molar-refractivity contribution in [1.29, 1.82) is 0 Å². The Morgan fingerprint density at radius 2 is 1.71 bits per heavy atom. The monoisotopic (exact) mass is 483 g/mol. The van der Waals surface area contributed by atoms with Gasteiger partial charge in [-0.3, -0.25) is 4.79 Å². The number of nitrogens with one attached hydrogen (secondary N) is 1. The number of hydrogen-bond donors (Lipinski definition) is 1. The van der Waals surface area contributed by atoms with E-state index in [0.717, 1.165) is 17.7 Å². The van der Waals surface area contributed by atoms with Gasteiger partial charge in [0.25, 0.3) is 0 Å². The average Bonchev–Trinajstić information content (AvgIpc) is 3.26. The van der Waals surface area contributed by atoms with Crippen molar-refractivity contribution in [2.24, 2.45) is 0 Å². The fourth-order valence-corrected chi connectivity index (χ4v) is 4.33. The Labute approximate surface area is 203 Å². The Bertz CT molecular complexity index is 1120. The molecule has 1 heterocycles. The van der Waals surface area contributed by atoms with Crippen molar-refractivity contribution < 1.29 is 28.5 Å². The summed E-state index contributed by atoms with van der Waals surface area (Å²) in [4.78, 5) is 25.7. The highest BCUT2D eigenvalue weighted by Crippen LogP contribution is 2.37. The van der Waals surface area contributed by atoms with Crippen molar-refractivity contribution in [3.63, 3.8) is 0 Å². The van der Waals surface area contributed by atoms with Crippen LogP contribution < -0.4 is 19.5 Å². The zero-order chi connectivity index (χ0) is 24.5. The van der Waals surface area contributed by atoms with Gasteiger partial charge in [-0.05, 0) is 37.1 Å². The van der Waals surface area contributed by atoms with E-state index in [-0.39, 0.29) is 18.9 Å². The topological polar surface area (TPSA) is 83.1 Å². The van der Waals surface area contributed by atoms with Gasteiger partial charge in [0.1, 0.15) is 27.8 Å². The van der Waals surface area contributed by atoms with E-state index in [1.807, 2.05) is 36.6 Å². The number of esters is 1. The second kappa shape index (κ2) is 12.1. The minimum absolute atomic E-state index is 0.0755. The van der Waals surface area contributed by atoms with E-state index in [1.54, 1.807) is 39.3 Å². The predicted molar refractivity (Wildman–Crippen MR) is 133 cm³/mol. The lowest BCUT2D eigenvalue weighted by Gasteiger charge is -2.12. The third kappa shape index (κ3) is 6.08. The number of benzene rings is 2. The number of hydrogen-bond acceptors (Lipinski definition) is 7. The number of anilines is 1. The largest absolute Gasteiger partial charge is 0.497 e. The summed E-state index contributed by atoms with van der Waals surface area (Å²) in [7, 11) is 3.11. The zero-order valence-electron chi connectivity index (χ0n) is 19.8. The van der Waals surface area contributed by atoms with Crippen molar-refractivity contribution >= 4 is 28.2 Å². The molecule has 1 aromatic heterocycles. The fraction of sp³-hybridized carbons (Fsp3) is 0.308. The summed E-state index contributed by atoms with van der Waals surface area (Å²) < 4.78 is 21.5. The Morgan fingerprint density at radius 3 is 2.35 bits per heavy atom. The number of amides is 1. The number of ether oxygens (including phenoxy) is 4. The van der Waals surface area contributed by atoms with Gasteiger partial charge in [-0.25, -0.2) is 4.79 Å².